The van der Waals surface area contributed by atoms with Crippen LogP contribution in [0.2, 0.25) is 0 Å². The summed E-state index contributed by atoms with van der Waals surface area (Å²) in [5.41, 5.74) is -0.207. The summed E-state index contributed by atoms with van der Waals surface area (Å²) in [5.74, 6) is -0.0777. The van der Waals surface area contributed by atoms with E-state index >= 15 is 0 Å². The Hall–Kier alpha value is -1.73. The van der Waals surface area contributed by atoms with Gasteiger partial charge in [-0.15, -0.1) is 0 Å². The largest absolute Gasteiger partial charge is 0.470 e. The fraction of sp³-hybridized carbons (Fsp3) is 0.545. The van der Waals surface area contributed by atoms with Crippen LogP contribution in [0.3, 0.4) is 0 Å². The molecule has 7 heteroatoms. The van der Waals surface area contributed by atoms with Crippen molar-refractivity contribution in [3.63, 3.8) is 0 Å². The fourth-order valence-corrected chi connectivity index (χ4v) is 1.24. The molecule has 1 rings (SSSR count). The van der Waals surface area contributed by atoms with E-state index in [1.807, 2.05) is 13.8 Å². The van der Waals surface area contributed by atoms with Crippen LogP contribution >= 0.6 is 0 Å². The molecule has 0 bridgehead atoms. The summed E-state index contributed by atoms with van der Waals surface area (Å²) >= 11 is 0. The average Bonchev–Trinajstić information content (AvgIpc) is 2.34. The Morgan fingerprint density at radius 3 is 2.94 bits per heavy atom. The maximum absolute atomic E-state index is 10.7. The molecule has 7 nitrogen and oxygen atoms in total. The van der Waals surface area contributed by atoms with Gasteiger partial charge in [-0.3, -0.25) is 10.1 Å². The minimum atomic E-state index is -0.742. The number of aromatic nitrogens is 1. The quantitative estimate of drug-likeness (QED) is 0.550. The molecule has 1 heterocycles. The third kappa shape index (κ3) is 4.64. The van der Waals surface area contributed by atoms with Crippen LogP contribution in [-0.4, -0.2) is 40.3 Å². The summed E-state index contributed by atoms with van der Waals surface area (Å²) in [5, 5.41) is 23.3. The summed E-state index contributed by atoms with van der Waals surface area (Å²) in [6.07, 6.45) is 0.662. The molecule has 0 saturated carbocycles. The van der Waals surface area contributed by atoms with Crippen molar-refractivity contribution in [2.24, 2.45) is 0 Å². The third-order valence-corrected chi connectivity index (χ3v) is 2.12. The molecule has 0 amide bonds. The van der Waals surface area contributed by atoms with Gasteiger partial charge < -0.3 is 15.2 Å². The van der Waals surface area contributed by atoms with Gasteiger partial charge in [0.05, 0.1) is 4.92 Å². The van der Waals surface area contributed by atoms with Gasteiger partial charge in [0, 0.05) is 24.8 Å². The van der Waals surface area contributed by atoms with Crippen LogP contribution in [0.15, 0.2) is 18.3 Å². The highest BCUT2D eigenvalue weighted by atomic mass is 16.6. The number of nitrogens with one attached hydrogen (secondary N) is 1. The Balaban J connectivity index is 2.50. The maximum atomic E-state index is 10.7. The van der Waals surface area contributed by atoms with Crippen LogP contribution in [0.5, 0.6) is 5.88 Å². The lowest BCUT2D eigenvalue weighted by Crippen LogP contribution is -2.35. The molecule has 18 heavy (non-hydrogen) atoms. The molecule has 1 atom stereocenters. The van der Waals surface area contributed by atoms with E-state index in [4.69, 9.17) is 4.74 Å². The Morgan fingerprint density at radius 1 is 1.61 bits per heavy atom. The van der Waals surface area contributed by atoms with Crippen LogP contribution in [-0.2, 0) is 0 Å². The molecular weight excluding hydrogens is 238 g/mol. The van der Waals surface area contributed by atoms with Gasteiger partial charge >= 0.3 is 5.69 Å². The molecule has 1 unspecified atom stereocenters. The molecule has 0 spiro atoms. The SMILES string of the molecule is CC(C)NCC(O)COc1ncccc1[N+](=O)[O-]. The van der Waals surface area contributed by atoms with E-state index in [0.717, 1.165) is 0 Å². The number of pyridine rings is 1. The highest BCUT2D eigenvalue weighted by Crippen LogP contribution is 2.22. The number of aliphatic hydroxyl groups excluding tert-OH is 1. The monoisotopic (exact) mass is 255 g/mol. The lowest BCUT2D eigenvalue weighted by molar-refractivity contribution is -0.386. The second-order valence-corrected chi connectivity index (χ2v) is 4.11. The molecule has 100 valence electrons. The normalized spacial score (nSPS) is 12.4. The van der Waals surface area contributed by atoms with Crippen LogP contribution in [0.1, 0.15) is 13.8 Å². The molecule has 1 aromatic rings. The van der Waals surface area contributed by atoms with Gasteiger partial charge in [0.1, 0.15) is 12.7 Å². The zero-order chi connectivity index (χ0) is 13.5. The van der Waals surface area contributed by atoms with Gasteiger partial charge in [-0.2, -0.15) is 0 Å². The van der Waals surface area contributed by atoms with E-state index in [1.165, 1.54) is 18.3 Å². The topological polar surface area (TPSA) is 97.5 Å². The minimum Gasteiger partial charge on any atom is -0.470 e. The van der Waals surface area contributed by atoms with Crippen LogP contribution in [0.4, 0.5) is 5.69 Å². The zero-order valence-corrected chi connectivity index (χ0v) is 10.4. The van der Waals surface area contributed by atoms with E-state index < -0.39 is 11.0 Å². The number of hydrogen-bond acceptors (Lipinski definition) is 6. The maximum Gasteiger partial charge on any atom is 0.330 e. The van der Waals surface area contributed by atoms with Gasteiger partial charge in [-0.1, -0.05) is 13.8 Å². The summed E-state index contributed by atoms with van der Waals surface area (Å²) in [7, 11) is 0. The Morgan fingerprint density at radius 2 is 2.33 bits per heavy atom. The van der Waals surface area contributed by atoms with Gasteiger partial charge in [0.15, 0.2) is 0 Å². The van der Waals surface area contributed by atoms with Crippen molar-refractivity contribution in [3.8, 4) is 5.88 Å². The van der Waals surface area contributed by atoms with Crippen molar-refractivity contribution in [1.29, 1.82) is 0 Å². The predicted molar refractivity (Wildman–Crippen MR) is 65.5 cm³/mol. The van der Waals surface area contributed by atoms with Crippen molar-refractivity contribution < 1.29 is 14.8 Å². The number of nitrogens with zero attached hydrogens (tertiary/aromatic N) is 2. The predicted octanol–water partition coefficient (Wildman–Crippen LogP) is 0.727. The number of nitro groups is 1. The molecule has 1 aromatic heterocycles. The number of ether oxygens (including phenoxy) is 1. The lowest BCUT2D eigenvalue weighted by Gasteiger charge is -2.14. The van der Waals surface area contributed by atoms with Gasteiger partial charge in [0.2, 0.25) is 0 Å². The van der Waals surface area contributed by atoms with E-state index in [0.29, 0.717) is 6.54 Å². The second-order valence-electron chi connectivity index (χ2n) is 4.11. The molecule has 0 aromatic carbocycles. The van der Waals surface area contributed by atoms with E-state index in [9.17, 15) is 15.2 Å². The Labute approximate surface area is 105 Å². The molecule has 2 N–H and O–H groups in total. The van der Waals surface area contributed by atoms with Crippen molar-refractivity contribution in [2.75, 3.05) is 13.2 Å². The number of rotatable bonds is 7. The van der Waals surface area contributed by atoms with Crippen LogP contribution in [0.25, 0.3) is 0 Å². The molecule has 0 radical (unpaired) electrons. The number of aliphatic hydroxyl groups is 1. The number of hydrogen-bond donors (Lipinski definition) is 2. The van der Waals surface area contributed by atoms with Gasteiger partial charge in [-0.25, -0.2) is 4.98 Å². The second kappa shape index (κ2) is 6.87. The van der Waals surface area contributed by atoms with Crippen molar-refractivity contribution in [1.82, 2.24) is 10.3 Å². The first kappa shape index (κ1) is 14.3. The minimum absolute atomic E-state index is 0.0441. The van der Waals surface area contributed by atoms with Crippen LogP contribution < -0.4 is 10.1 Å². The molecule has 0 aliphatic rings. The molecule has 0 fully saturated rings. The smallest absolute Gasteiger partial charge is 0.330 e. The van der Waals surface area contributed by atoms with Gasteiger partial charge in [0.25, 0.3) is 5.88 Å². The Bertz CT molecular complexity index is 398. The van der Waals surface area contributed by atoms with Gasteiger partial charge in [-0.05, 0) is 6.07 Å². The summed E-state index contributed by atoms with van der Waals surface area (Å²) in [6, 6.07) is 3.02. The highest BCUT2D eigenvalue weighted by molar-refractivity contribution is 5.39. The Kier molecular flexibility index (Phi) is 5.47. The highest BCUT2D eigenvalue weighted by Gasteiger charge is 2.16. The van der Waals surface area contributed by atoms with Crippen molar-refractivity contribution in [3.05, 3.63) is 28.4 Å². The van der Waals surface area contributed by atoms with Crippen molar-refractivity contribution >= 4 is 5.69 Å². The summed E-state index contributed by atoms with van der Waals surface area (Å²) in [4.78, 5) is 13.9. The first-order chi connectivity index (χ1) is 8.50. The molecule has 0 aliphatic carbocycles. The standard InChI is InChI=1S/C11H17N3O4/c1-8(2)13-6-9(15)7-18-11-10(14(16)17)4-3-5-12-11/h3-5,8-9,13,15H,6-7H2,1-2H3. The van der Waals surface area contributed by atoms with E-state index in [-0.39, 0.29) is 24.2 Å². The third-order valence-electron chi connectivity index (χ3n) is 2.12. The van der Waals surface area contributed by atoms with Crippen LogP contribution in [0, 0.1) is 10.1 Å². The van der Waals surface area contributed by atoms with E-state index in [2.05, 4.69) is 10.3 Å². The first-order valence-corrected chi connectivity index (χ1v) is 5.64. The molecular formula is C11H17N3O4. The average molecular weight is 255 g/mol. The first-order valence-electron chi connectivity index (χ1n) is 5.64. The van der Waals surface area contributed by atoms with Crippen molar-refractivity contribution in [2.45, 2.75) is 26.0 Å². The zero-order valence-electron chi connectivity index (χ0n) is 10.4. The molecule has 0 saturated heterocycles. The summed E-state index contributed by atoms with van der Waals surface area (Å²) in [6.45, 7) is 4.23. The van der Waals surface area contributed by atoms with E-state index in [1.54, 1.807) is 0 Å². The lowest BCUT2D eigenvalue weighted by atomic mass is 10.3. The fourth-order valence-electron chi connectivity index (χ4n) is 1.24. The summed E-state index contributed by atoms with van der Waals surface area (Å²) < 4.78 is 5.15. The molecule has 0 aliphatic heterocycles.